The molecule has 0 saturated heterocycles. The lowest BCUT2D eigenvalue weighted by molar-refractivity contribution is 0.582. The van der Waals surface area contributed by atoms with E-state index in [1.807, 2.05) is 60.0 Å². The largest absolute Gasteiger partial charge is 0.464 e. The Labute approximate surface area is 170 Å². The van der Waals surface area contributed by atoms with Crippen LogP contribution >= 0.6 is 23.1 Å². The number of pyridine rings is 1. The fourth-order valence-electron chi connectivity index (χ4n) is 2.80. The van der Waals surface area contributed by atoms with Crippen molar-refractivity contribution in [1.82, 2.24) is 4.98 Å². The van der Waals surface area contributed by atoms with Crippen LogP contribution in [0, 0.1) is 22.7 Å². The van der Waals surface area contributed by atoms with Gasteiger partial charge in [0.05, 0.1) is 28.5 Å². The molecule has 4 rings (SSSR count). The SMILES string of the molecule is N#Cc1c(-c2ccco2)cc(-c2cccs2)nc1SC(C#N)c1ccccc1. The Bertz CT molecular complexity index is 1160. The van der Waals surface area contributed by atoms with Crippen LogP contribution in [0.5, 0.6) is 0 Å². The Morgan fingerprint density at radius 3 is 2.54 bits per heavy atom. The van der Waals surface area contributed by atoms with Gasteiger partial charge in [-0.2, -0.15) is 10.5 Å². The average Bonchev–Trinajstić information content (AvgIpc) is 3.46. The zero-order valence-corrected chi connectivity index (χ0v) is 16.2. The minimum Gasteiger partial charge on any atom is -0.464 e. The maximum atomic E-state index is 9.85. The van der Waals surface area contributed by atoms with Crippen molar-refractivity contribution in [3.63, 3.8) is 0 Å². The number of hydrogen-bond acceptors (Lipinski definition) is 6. The quantitative estimate of drug-likeness (QED) is 0.368. The second-order valence-corrected chi connectivity index (χ2v) is 7.88. The van der Waals surface area contributed by atoms with E-state index in [0.29, 0.717) is 21.9 Å². The van der Waals surface area contributed by atoms with E-state index in [1.54, 1.807) is 23.7 Å². The van der Waals surface area contributed by atoms with Crippen molar-refractivity contribution < 1.29 is 4.42 Å². The van der Waals surface area contributed by atoms with Gasteiger partial charge in [-0.15, -0.1) is 11.3 Å². The van der Waals surface area contributed by atoms with Crippen molar-refractivity contribution in [3.05, 3.63) is 83.4 Å². The summed E-state index contributed by atoms with van der Waals surface area (Å²) in [6, 6.07) is 23.5. The van der Waals surface area contributed by atoms with Gasteiger partial charge < -0.3 is 4.42 Å². The van der Waals surface area contributed by atoms with E-state index >= 15 is 0 Å². The molecule has 0 radical (unpaired) electrons. The highest BCUT2D eigenvalue weighted by Gasteiger charge is 2.21. The molecule has 0 saturated carbocycles. The first-order valence-electron chi connectivity index (χ1n) is 8.44. The van der Waals surface area contributed by atoms with Gasteiger partial charge in [0.2, 0.25) is 0 Å². The van der Waals surface area contributed by atoms with Gasteiger partial charge in [-0.05, 0) is 35.2 Å². The summed E-state index contributed by atoms with van der Waals surface area (Å²) in [4.78, 5) is 5.72. The van der Waals surface area contributed by atoms with Crippen LogP contribution in [-0.4, -0.2) is 4.98 Å². The van der Waals surface area contributed by atoms with E-state index < -0.39 is 5.25 Å². The number of thiophene rings is 1. The molecule has 0 amide bonds. The lowest BCUT2D eigenvalue weighted by Crippen LogP contribution is -1.98. The maximum Gasteiger partial charge on any atom is 0.135 e. The molecule has 3 heterocycles. The van der Waals surface area contributed by atoms with Crippen molar-refractivity contribution in [1.29, 1.82) is 10.5 Å². The summed E-state index contributed by atoms with van der Waals surface area (Å²) in [5, 5.41) is 21.6. The molecule has 0 aliphatic carbocycles. The van der Waals surface area contributed by atoms with Crippen LogP contribution in [0.25, 0.3) is 21.9 Å². The van der Waals surface area contributed by atoms with Gasteiger partial charge in [0.15, 0.2) is 0 Å². The number of nitriles is 2. The lowest BCUT2D eigenvalue weighted by atomic mass is 10.1. The summed E-state index contributed by atoms with van der Waals surface area (Å²) < 4.78 is 5.56. The number of furan rings is 1. The first kappa shape index (κ1) is 18.1. The van der Waals surface area contributed by atoms with E-state index in [9.17, 15) is 10.5 Å². The molecule has 3 aromatic heterocycles. The highest BCUT2D eigenvalue weighted by Crippen LogP contribution is 2.40. The third-order valence-corrected chi connectivity index (χ3v) is 6.13. The molecule has 1 unspecified atom stereocenters. The molecule has 6 heteroatoms. The first-order chi connectivity index (χ1) is 13.8. The lowest BCUT2D eigenvalue weighted by Gasteiger charge is -2.13. The third kappa shape index (κ3) is 3.57. The monoisotopic (exact) mass is 399 g/mol. The molecule has 0 spiro atoms. The molecule has 134 valence electrons. The first-order valence-corrected chi connectivity index (χ1v) is 10.2. The molecular weight excluding hydrogens is 386 g/mol. The Morgan fingerprint density at radius 2 is 1.89 bits per heavy atom. The van der Waals surface area contributed by atoms with Gasteiger partial charge in [0.1, 0.15) is 22.1 Å². The molecule has 1 aromatic carbocycles. The molecule has 0 aliphatic heterocycles. The smallest absolute Gasteiger partial charge is 0.135 e. The minimum absolute atomic E-state index is 0.413. The van der Waals surface area contributed by atoms with Crippen LogP contribution in [0.15, 0.2) is 81.8 Å². The van der Waals surface area contributed by atoms with Gasteiger partial charge in [-0.25, -0.2) is 4.98 Å². The fraction of sp³-hybridized carbons (Fsp3) is 0.0455. The van der Waals surface area contributed by atoms with Gasteiger partial charge >= 0.3 is 0 Å². The summed E-state index contributed by atoms with van der Waals surface area (Å²) in [6.45, 7) is 0. The van der Waals surface area contributed by atoms with E-state index in [1.165, 1.54) is 11.8 Å². The van der Waals surface area contributed by atoms with Crippen LogP contribution in [0.2, 0.25) is 0 Å². The van der Waals surface area contributed by atoms with E-state index in [-0.39, 0.29) is 0 Å². The molecule has 0 N–H and O–H groups in total. The van der Waals surface area contributed by atoms with Crippen LogP contribution in [0.3, 0.4) is 0 Å². The van der Waals surface area contributed by atoms with E-state index in [4.69, 9.17) is 9.40 Å². The van der Waals surface area contributed by atoms with Crippen molar-refractivity contribution in [2.75, 3.05) is 0 Å². The van der Waals surface area contributed by atoms with Crippen LogP contribution in [0.4, 0.5) is 0 Å². The second kappa shape index (κ2) is 8.14. The van der Waals surface area contributed by atoms with Crippen molar-refractivity contribution >= 4 is 23.1 Å². The fourth-order valence-corrected chi connectivity index (χ4v) is 4.48. The van der Waals surface area contributed by atoms with Gasteiger partial charge in [0, 0.05) is 5.56 Å². The van der Waals surface area contributed by atoms with Crippen molar-refractivity contribution in [3.8, 4) is 34.0 Å². The molecule has 0 fully saturated rings. The van der Waals surface area contributed by atoms with Gasteiger partial charge in [-0.3, -0.25) is 0 Å². The molecule has 4 nitrogen and oxygen atoms in total. The van der Waals surface area contributed by atoms with Crippen LogP contribution < -0.4 is 0 Å². The summed E-state index contributed by atoms with van der Waals surface area (Å²) in [7, 11) is 0. The summed E-state index contributed by atoms with van der Waals surface area (Å²) in [6.07, 6.45) is 1.58. The maximum absolute atomic E-state index is 9.85. The van der Waals surface area contributed by atoms with Gasteiger partial charge in [0.25, 0.3) is 0 Å². The predicted molar refractivity (Wildman–Crippen MR) is 111 cm³/mol. The van der Waals surface area contributed by atoms with Crippen molar-refractivity contribution in [2.24, 2.45) is 0 Å². The summed E-state index contributed by atoms with van der Waals surface area (Å²) in [5.41, 5.74) is 2.73. The van der Waals surface area contributed by atoms with E-state index in [0.717, 1.165) is 16.1 Å². The minimum atomic E-state index is -0.469. The molecule has 0 bridgehead atoms. The predicted octanol–water partition coefficient (Wildman–Crippen LogP) is 6.30. The van der Waals surface area contributed by atoms with Crippen LogP contribution in [-0.2, 0) is 0 Å². The van der Waals surface area contributed by atoms with Crippen molar-refractivity contribution in [2.45, 2.75) is 10.3 Å². The highest BCUT2D eigenvalue weighted by atomic mass is 32.2. The van der Waals surface area contributed by atoms with E-state index in [2.05, 4.69) is 12.1 Å². The molecule has 28 heavy (non-hydrogen) atoms. The average molecular weight is 400 g/mol. The number of hydrogen-bond donors (Lipinski definition) is 0. The van der Waals surface area contributed by atoms with Crippen LogP contribution in [0.1, 0.15) is 16.4 Å². The highest BCUT2D eigenvalue weighted by molar-refractivity contribution is 7.99. The number of thioether (sulfide) groups is 1. The molecular formula is C22H13N3OS2. The third-order valence-electron chi connectivity index (χ3n) is 4.11. The standard InChI is InChI=1S/C22H13N3OS2/c23-13-17-16(19-8-4-10-26-19)12-18(20-9-5-11-27-20)25-22(17)28-21(14-24)15-6-2-1-3-7-15/h1-12,21H. The number of benzene rings is 1. The second-order valence-electron chi connectivity index (χ2n) is 5.84. The zero-order valence-electron chi connectivity index (χ0n) is 14.6. The molecule has 4 aromatic rings. The number of nitrogens with zero attached hydrogens (tertiary/aromatic N) is 3. The Balaban J connectivity index is 1.86. The zero-order chi connectivity index (χ0) is 19.3. The summed E-state index contributed by atoms with van der Waals surface area (Å²) >= 11 is 2.86. The molecule has 0 aliphatic rings. The Hall–Kier alpha value is -3.32. The number of rotatable bonds is 5. The normalized spacial score (nSPS) is 11.5. The molecule has 1 atom stereocenters. The Kier molecular flexibility index (Phi) is 5.25. The Morgan fingerprint density at radius 1 is 1.04 bits per heavy atom. The summed E-state index contributed by atoms with van der Waals surface area (Å²) in [5.74, 6) is 0.604. The van der Waals surface area contributed by atoms with Gasteiger partial charge in [-0.1, -0.05) is 48.2 Å². The number of aromatic nitrogens is 1. The topological polar surface area (TPSA) is 73.6 Å².